The number of fused-ring (bicyclic) bond motifs is 1. The fourth-order valence-electron chi connectivity index (χ4n) is 2.77. The Morgan fingerprint density at radius 3 is 2.75 bits per heavy atom. The van der Waals surface area contributed by atoms with Gasteiger partial charge >= 0.3 is 0 Å². The van der Waals surface area contributed by atoms with Gasteiger partial charge in [0.15, 0.2) is 0 Å². The molecule has 2 heteroatoms. The SMILES string of the molecule is CCc1ccc2c(c1)C(c1cccc(N)c1)=CN(C)C2. The lowest BCUT2D eigenvalue weighted by Crippen LogP contribution is -2.17. The molecule has 0 atom stereocenters. The van der Waals surface area contributed by atoms with Crippen molar-refractivity contribution in [2.75, 3.05) is 12.8 Å². The van der Waals surface area contributed by atoms with E-state index in [2.05, 4.69) is 49.3 Å². The average Bonchev–Trinajstić information content (AvgIpc) is 2.46. The van der Waals surface area contributed by atoms with Gasteiger partial charge in [0.2, 0.25) is 0 Å². The van der Waals surface area contributed by atoms with Crippen LogP contribution in [-0.2, 0) is 13.0 Å². The average molecular weight is 264 g/mol. The molecule has 2 aromatic rings. The van der Waals surface area contributed by atoms with Crippen LogP contribution in [0.3, 0.4) is 0 Å². The number of benzene rings is 2. The molecule has 3 rings (SSSR count). The van der Waals surface area contributed by atoms with E-state index in [4.69, 9.17) is 5.73 Å². The predicted octanol–water partition coefficient (Wildman–Crippen LogP) is 3.67. The Labute approximate surface area is 120 Å². The normalized spacial score (nSPS) is 13.9. The minimum atomic E-state index is 0.810. The van der Waals surface area contributed by atoms with Crippen LogP contribution in [0.2, 0.25) is 0 Å². The molecule has 0 fully saturated rings. The second-order valence-electron chi connectivity index (χ2n) is 5.43. The van der Waals surface area contributed by atoms with Crippen molar-refractivity contribution in [1.82, 2.24) is 4.90 Å². The fraction of sp³-hybridized carbons (Fsp3) is 0.222. The molecule has 0 bridgehead atoms. The number of hydrogen-bond donors (Lipinski definition) is 1. The van der Waals surface area contributed by atoms with Crippen LogP contribution in [0.5, 0.6) is 0 Å². The second-order valence-corrected chi connectivity index (χ2v) is 5.43. The van der Waals surface area contributed by atoms with Gasteiger partial charge in [-0.2, -0.15) is 0 Å². The van der Waals surface area contributed by atoms with Gasteiger partial charge < -0.3 is 10.6 Å². The number of aryl methyl sites for hydroxylation is 1. The molecule has 2 nitrogen and oxygen atoms in total. The van der Waals surface area contributed by atoms with E-state index in [0.29, 0.717) is 0 Å². The van der Waals surface area contributed by atoms with Crippen LogP contribution in [0.25, 0.3) is 5.57 Å². The smallest absolute Gasteiger partial charge is 0.0427 e. The zero-order valence-electron chi connectivity index (χ0n) is 12.1. The molecule has 0 saturated heterocycles. The Kier molecular flexibility index (Phi) is 3.23. The van der Waals surface area contributed by atoms with E-state index >= 15 is 0 Å². The Bertz CT molecular complexity index is 671. The van der Waals surface area contributed by atoms with Gasteiger partial charge in [-0.1, -0.05) is 37.3 Å². The van der Waals surface area contributed by atoms with E-state index in [1.54, 1.807) is 0 Å². The zero-order chi connectivity index (χ0) is 14.1. The molecule has 0 radical (unpaired) electrons. The minimum absolute atomic E-state index is 0.810. The second kappa shape index (κ2) is 5.04. The molecule has 1 heterocycles. The molecule has 0 amide bonds. The third kappa shape index (κ3) is 2.29. The third-order valence-electron chi connectivity index (χ3n) is 3.84. The van der Waals surface area contributed by atoms with Crippen LogP contribution in [0.1, 0.15) is 29.2 Å². The highest BCUT2D eigenvalue weighted by atomic mass is 15.1. The lowest BCUT2D eigenvalue weighted by atomic mass is 9.90. The van der Waals surface area contributed by atoms with Crippen LogP contribution in [0.4, 0.5) is 5.69 Å². The van der Waals surface area contributed by atoms with E-state index in [-0.39, 0.29) is 0 Å². The number of nitrogens with two attached hydrogens (primary N) is 1. The number of nitrogen functional groups attached to an aromatic ring is 1. The van der Waals surface area contributed by atoms with Gasteiger partial charge in [0.05, 0.1) is 0 Å². The molecule has 0 saturated carbocycles. The molecule has 2 aromatic carbocycles. The van der Waals surface area contributed by atoms with Crippen molar-refractivity contribution in [3.8, 4) is 0 Å². The summed E-state index contributed by atoms with van der Waals surface area (Å²) in [4.78, 5) is 2.23. The molecule has 2 N–H and O–H groups in total. The Morgan fingerprint density at radius 2 is 2.00 bits per heavy atom. The monoisotopic (exact) mass is 264 g/mol. The largest absolute Gasteiger partial charge is 0.399 e. The highest BCUT2D eigenvalue weighted by molar-refractivity contribution is 5.83. The summed E-state index contributed by atoms with van der Waals surface area (Å²) in [5.41, 5.74) is 13.3. The Hall–Kier alpha value is -2.22. The number of hydrogen-bond acceptors (Lipinski definition) is 2. The summed E-state index contributed by atoms with van der Waals surface area (Å²) in [6, 6.07) is 14.9. The summed E-state index contributed by atoms with van der Waals surface area (Å²) < 4.78 is 0. The number of anilines is 1. The van der Waals surface area contributed by atoms with Gasteiger partial charge in [-0.05, 0) is 40.8 Å². The van der Waals surface area contributed by atoms with Crippen LogP contribution >= 0.6 is 0 Å². The fourth-order valence-corrected chi connectivity index (χ4v) is 2.77. The molecule has 102 valence electrons. The summed E-state index contributed by atoms with van der Waals surface area (Å²) in [7, 11) is 2.11. The summed E-state index contributed by atoms with van der Waals surface area (Å²) in [5.74, 6) is 0. The van der Waals surface area contributed by atoms with Crippen molar-refractivity contribution in [2.24, 2.45) is 0 Å². The van der Waals surface area contributed by atoms with Gasteiger partial charge in [0.25, 0.3) is 0 Å². The first-order chi connectivity index (χ1) is 9.67. The van der Waals surface area contributed by atoms with E-state index in [1.807, 2.05) is 18.2 Å². The van der Waals surface area contributed by atoms with Crippen molar-refractivity contribution in [1.29, 1.82) is 0 Å². The predicted molar refractivity (Wildman–Crippen MR) is 85.2 cm³/mol. The van der Waals surface area contributed by atoms with Crippen molar-refractivity contribution in [2.45, 2.75) is 19.9 Å². The van der Waals surface area contributed by atoms with Crippen molar-refractivity contribution in [3.05, 3.63) is 70.9 Å². The maximum Gasteiger partial charge on any atom is 0.0427 e. The van der Waals surface area contributed by atoms with Crippen LogP contribution in [0, 0.1) is 0 Å². The molecule has 0 aromatic heterocycles. The van der Waals surface area contributed by atoms with Crippen molar-refractivity contribution in [3.63, 3.8) is 0 Å². The minimum Gasteiger partial charge on any atom is -0.399 e. The third-order valence-corrected chi connectivity index (χ3v) is 3.84. The lowest BCUT2D eigenvalue weighted by molar-refractivity contribution is 0.445. The molecule has 20 heavy (non-hydrogen) atoms. The molecular weight excluding hydrogens is 244 g/mol. The summed E-state index contributed by atoms with van der Waals surface area (Å²) >= 11 is 0. The van der Waals surface area contributed by atoms with E-state index in [1.165, 1.54) is 27.8 Å². The molecule has 0 aliphatic carbocycles. The summed E-state index contributed by atoms with van der Waals surface area (Å²) in [6.45, 7) is 3.16. The van der Waals surface area contributed by atoms with Gasteiger partial charge in [0.1, 0.15) is 0 Å². The Morgan fingerprint density at radius 1 is 1.15 bits per heavy atom. The van der Waals surface area contributed by atoms with Crippen LogP contribution in [0.15, 0.2) is 48.7 Å². The van der Waals surface area contributed by atoms with E-state index in [9.17, 15) is 0 Å². The van der Waals surface area contributed by atoms with Crippen molar-refractivity contribution >= 4 is 11.3 Å². The van der Waals surface area contributed by atoms with Crippen molar-refractivity contribution < 1.29 is 0 Å². The molecule has 0 unspecified atom stereocenters. The van der Waals surface area contributed by atoms with Gasteiger partial charge in [-0.3, -0.25) is 0 Å². The van der Waals surface area contributed by atoms with Gasteiger partial charge in [-0.25, -0.2) is 0 Å². The molecular formula is C18H20N2. The maximum atomic E-state index is 5.94. The first-order valence-electron chi connectivity index (χ1n) is 7.07. The number of rotatable bonds is 2. The quantitative estimate of drug-likeness (QED) is 0.839. The molecule has 0 spiro atoms. The van der Waals surface area contributed by atoms with E-state index in [0.717, 1.165) is 18.7 Å². The first-order valence-corrected chi connectivity index (χ1v) is 7.07. The van der Waals surface area contributed by atoms with Crippen LogP contribution in [-0.4, -0.2) is 11.9 Å². The topological polar surface area (TPSA) is 29.3 Å². The van der Waals surface area contributed by atoms with Gasteiger partial charge in [-0.15, -0.1) is 0 Å². The highest BCUT2D eigenvalue weighted by Gasteiger charge is 2.17. The van der Waals surface area contributed by atoms with E-state index < -0.39 is 0 Å². The van der Waals surface area contributed by atoms with Gasteiger partial charge in [0, 0.05) is 31.1 Å². The van der Waals surface area contributed by atoms with Crippen LogP contribution < -0.4 is 5.73 Å². The zero-order valence-corrected chi connectivity index (χ0v) is 12.1. The standard InChI is InChI=1S/C18H20N2/c1-3-13-7-8-15-11-20(2)12-18(17(15)9-13)14-5-4-6-16(19)10-14/h4-10,12H,3,11,19H2,1-2H3. The number of nitrogens with zero attached hydrogens (tertiary/aromatic N) is 1. The first kappa shape index (κ1) is 12.8. The highest BCUT2D eigenvalue weighted by Crippen LogP contribution is 2.32. The lowest BCUT2D eigenvalue weighted by Gasteiger charge is -2.26. The Balaban J connectivity index is 2.15. The summed E-state index contributed by atoms with van der Waals surface area (Å²) in [6.07, 6.45) is 3.28. The summed E-state index contributed by atoms with van der Waals surface area (Å²) in [5, 5.41) is 0. The molecule has 1 aliphatic rings. The maximum absolute atomic E-state index is 5.94. The molecule has 1 aliphatic heterocycles.